The second-order valence-electron chi connectivity index (χ2n) is 6.41. The molecule has 0 bridgehead atoms. The summed E-state index contributed by atoms with van der Waals surface area (Å²) in [6, 6.07) is 0. The molecule has 0 radical (unpaired) electrons. The fourth-order valence-electron chi connectivity index (χ4n) is 2.98. The molecule has 2 rings (SSSR count). The first-order valence-corrected chi connectivity index (χ1v) is 8.62. The Balaban J connectivity index is 1.86. The minimum atomic E-state index is -0.891. The lowest BCUT2D eigenvalue weighted by Gasteiger charge is -2.41. The van der Waals surface area contributed by atoms with Gasteiger partial charge in [-0.1, -0.05) is 45.1 Å². The van der Waals surface area contributed by atoms with E-state index in [1.54, 1.807) is 17.9 Å². The highest BCUT2D eigenvalue weighted by Gasteiger charge is 2.44. The zero-order valence-electron chi connectivity index (χ0n) is 14.2. The smallest absolute Gasteiger partial charge is 0.250 e. The number of carbonyl (C=O) groups is 2. The Morgan fingerprint density at radius 2 is 2.00 bits per heavy atom. The van der Waals surface area contributed by atoms with Gasteiger partial charge in [0.2, 0.25) is 5.91 Å². The highest BCUT2D eigenvalue weighted by atomic mass is 16.2. The Morgan fingerprint density at radius 1 is 1.26 bits per heavy atom. The van der Waals surface area contributed by atoms with Gasteiger partial charge in [0.25, 0.3) is 5.91 Å². The Bertz CT molecular complexity index is 536. The molecule has 126 valence electrons. The molecule has 0 aliphatic carbocycles. The lowest BCUT2D eigenvalue weighted by molar-refractivity contribution is -0.134. The Kier molecular flexibility index (Phi) is 6.13. The summed E-state index contributed by atoms with van der Waals surface area (Å²) in [6.45, 7) is 4.67. The number of nitrogens with zero attached hydrogens (tertiary/aromatic N) is 2. The van der Waals surface area contributed by atoms with E-state index in [2.05, 4.69) is 17.2 Å². The molecule has 0 saturated carbocycles. The van der Waals surface area contributed by atoms with Crippen molar-refractivity contribution in [3.63, 3.8) is 0 Å². The van der Waals surface area contributed by atoms with Gasteiger partial charge in [-0.2, -0.15) is 4.99 Å². The van der Waals surface area contributed by atoms with Crippen LogP contribution in [0.2, 0.25) is 0 Å². The number of hydrogen-bond acceptors (Lipinski definition) is 3. The standard InChI is InChI=1S/C18H27N3O2/c1-3-4-5-6-7-9-12-19-17(23)18(2)14-16(22)20-15-11-8-10-13-21(15)18/h8,10-11,13H,3-7,9,12,14H2,1-2H3,(H,19,23). The van der Waals surface area contributed by atoms with Gasteiger partial charge in [-0.25, -0.2) is 0 Å². The second-order valence-corrected chi connectivity index (χ2v) is 6.41. The SMILES string of the molecule is CCCCCCCCNC(=O)C1(C)CC(=O)N=C2C=CC=CN21. The van der Waals surface area contributed by atoms with E-state index in [-0.39, 0.29) is 18.2 Å². The molecule has 0 saturated heterocycles. The summed E-state index contributed by atoms with van der Waals surface area (Å²) in [6.07, 6.45) is 14.5. The van der Waals surface area contributed by atoms with Gasteiger partial charge in [0.05, 0.1) is 6.42 Å². The molecule has 23 heavy (non-hydrogen) atoms. The van der Waals surface area contributed by atoms with Crippen LogP contribution in [-0.2, 0) is 9.59 Å². The Morgan fingerprint density at radius 3 is 2.78 bits per heavy atom. The maximum atomic E-state index is 12.6. The number of fused-ring (bicyclic) bond motifs is 1. The third-order valence-electron chi connectivity index (χ3n) is 4.41. The minimum absolute atomic E-state index is 0.105. The maximum Gasteiger partial charge on any atom is 0.250 e. The highest BCUT2D eigenvalue weighted by Crippen LogP contribution is 2.28. The fourth-order valence-corrected chi connectivity index (χ4v) is 2.98. The molecule has 2 aliphatic rings. The molecule has 1 N–H and O–H groups in total. The second kappa shape index (κ2) is 8.09. The van der Waals surface area contributed by atoms with Gasteiger partial charge in [0.15, 0.2) is 0 Å². The Hall–Kier alpha value is -1.91. The normalized spacial score (nSPS) is 22.8. The number of hydrogen-bond donors (Lipinski definition) is 1. The van der Waals surface area contributed by atoms with Gasteiger partial charge in [-0.05, 0) is 25.5 Å². The van der Waals surface area contributed by atoms with Gasteiger partial charge < -0.3 is 10.2 Å². The Labute approximate surface area is 138 Å². The quantitative estimate of drug-likeness (QED) is 0.700. The zero-order chi connectivity index (χ0) is 16.7. The van der Waals surface area contributed by atoms with Gasteiger partial charge >= 0.3 is 0 Å². The molecule has 0 aromatic rings. The number of nitrogens with one attached hydrogen (secondary N) is 1. The van der Waals surface area contributed by atoms with Crippen LogP contribution in [0.25, 0.3) is 0 Å². The van der Waals surface area contributed by atoms with Crippen molar-refractivity contribution in [1.82, 2.24) is 10.2 Å². The number of aliphatic imine (C=N–C) groups is 1. The molecular formula is C18H27N3O2. The fraction of sp³-hybridized carbons (Fsp3) is 0.611. The number of carbonyl (C=O) groups excluding carboxylic acids is 2. The molecule has 0 aromatic heterocycles. The molecule has 1 atom stereocenters. The topological polar surface area (TPSA) is 61.8 Å². The van der Waals surface area contributed by atoms with Crippen molar-refractivity contribution in [1.29, 1.82) is 0 Å². The summed E-state index contributed by atoms with van der Waals surface area (Å²) in [4.78, 5) is 30.3. The van der Waals surface area contributed by atoms with Gasteiger partial charge in [0, 0.05) is 12.7 Å². The largest absolute Gasteiger partial charge is 0.354 e. The van der Waals surface area contributed by atoms with E-state index in [4.69, 9.17) is 0 Å². The summed E-state index contributed by atoms with van der Waals surface area (Å²) in [5.41, 5.74) is -0.891. The summed E-state index contributed by atoms with van der Waals surface area (Å²) >= 11 is 0. The number of allylic oxidation sites excluding steroid dienone is 2. The summed E-state index contributed by atoms with van der Waals surface area (Å²) in [5, 5.41) is 2.99. The molecular weight excluding hydrogens is 290 g/mol. The van der Waals surface area contributed by atoms with Crippen LogP contribution in [0.1, 0.15) is 58.8 Å². The van der Waals surface area contributed by atoms with Gasteiger partial charge in [-0.3, -0.25) is 9.59 Å². The predicted molar refractivity (Wildman–Crippen MR) is 92.0 cm³/mol. The molecule has 1 unspecified atom stereocenters. The van der Waals surface area contributed by atoms with Crippen molar-refractivity contribution >= 4 is 17.6 Å². The molecule has 2 amide bonds. The molecule has 0 fully saturated rings. The van der Waals surface area contributed by atoms with Crippen LogP contribution < -0.4 is 5.32 Å². The van der Waals surface area contributed by atoms with Crippen LogP contribution in [0, 0.1) is 0 Å². The third kappa shape index (κ3) is 4.30. The van der Waals surface area contributed by atoms with Crippen LogP contribution in [0.4, 0.5) is 0 Å². The van der Waals surface area contributed by atoms with Crippen molar-refractivity contribution in [2.75, 3.05) is 6.54 Å². The third-order valence-corrected chi connectivity index (χ3v) is 4.41. The average Bonchev–Trinajstić information content (AvgIpc) is 2.53. The van der Waals surface area contributed by atoms with E-state index >= 15 is 0 Å². The first-order valence-electron chi connectivity index (χ1n) is 8.62. The molecule has 5 heteroatoms. The lowest BCUT2D eigenvalue weighted by Crippen LogP contribution is -2.60. The van der Waals surface area contributed by atoms with Crippen LogP contribution in [-0.4, -0.2) is 34.6 Å². The minimum Gasteiger partial charge on any atom is -0.354 e. The average molecular weight is 317 g/mol. The summed E-state index contributed by atoms with van der Waals surface area (Å²) in [7, 11) is 0. The van der Waals surface area contributed by atoms with Crippen LogP contribution in [0.15, 0.2) is 29.4 Å². The van der Waals surface area contributed by atoms with E-state index in [1.165, 1.54) is 25.7 Å². The molecule has 5 nitrogen and oxygen atoms in total. The number of amides is 2. The van der Waals surface area contributed by atoms with E-state index in [0.717, 1.165) is 12.8 Å². The van der Waals surface area contributed by atoms with Crippen molar-refractivity contribution in [2.45, 2.75) is 64.3 Å². The van der Waals surface area contributed by atoms with E-state index in [9.17, 15) is 9.59 Å². The molecule has 0 aromatic carbocycles. The molecule has 2 heterocycles. The van der Waals surface area contributed by atoms with Crippen LogP contribution >= 0.6 is 0 Å². The van der Waals surface area contributed by atoms with Crippen molar-refractivity contribution in [2.24, 2.45) is 4.99 Å². The van der Waals surface area contributed by atoms with E-state index in [0.29, 0.717) is 12.4 Å². The van der Waals surface area contributed by atoms with Crippen molar-refractivity contribution in [3.05, 3.63) is 24.4 Å². The number of amidine groups is 1. The predicted octanol–water partition coefficient (Wildman–Crippen LogP) is 2.94. The number of rotatable bonds is 8. The monoisotopic (exact) mass is 317 g/mol. The first kappa shape index (κ1) is 17.4. The zero-order valence-corrected chi connectivity index (χ0v) is 14.2. The van der Waals surface area contributed by atoms with Gasteiger partial charge in [-0.15, -0.1) is 0 Å². The number of unbranched alkanes of at least 4 members (excludes halogenated alkanes) is 5. The first-order chi connectivity index (χ1) is 11.1. The van der Waals surface area contributed by atoms with Crippen molar-refractivity contribution < 1.29 is 9.59 Å². The van der Waals surface area contributed by atoms with Gasteiger partial charge in [0.1, 0.15) is 11.4 Å². The molecule has 0 spiro atoms. The van der Waals surface area contributed by atoms with Crippen LogP contribution in [0.3, 0.4) is 0 Å². The molecule has 2 aliphatic heterocycles. The van der Waals surface area contributed by atoms with Crippen LogP contribution in [0.5, 0.6) is 0 Å². The van der Waals surface area contributed by atoms with E-state index in [1.807, 2.05) is 18.4 Å². The summed E-state index contributed by atoms with van der Waals surface area (Å²) in [5.74, 6) is 0.195. The van der Waals surface area contributed by atoms with E-state index < -0.39 is 5.54 Å². The lowest BCUT2D eigenvalue weighted by atomic mass is 9.91. The maximum absolute atomic E-state index is 12.6. The van der Waals surface area contributed by atoms with Crippen molar-refractivity contribution in [3.8, 4) is 0 Å². The summed E-state index contributed by atoms with van der Waals surface area (Å²) < 4.78 is 0. The highest BCUT2D eigenvalue weighted by molar-refractivity contribution is 6.09.